The lowest BCUT2D eigenvalue weighted by Crippen LogP contribution is -2.05. The molecule has 0 aliphatic heterocycles. The maximum absolute atomic E-state index is 4.86. The van der Waals surface area contributed by atoms with Crippen molar-refractivity contribution in [3.8, 4) is 22.6 Å². The van der Waals surface area contributed by atoms with Gasteiger partial charge in [0.1, 0.15) is 0 Å². The Bertz CT molecular complexity index is 821. The Morgan fingerprint density at radius 1 is 0.727 bits per heavy atom. The highest BCUT2D eigenvalue weighted by Gasteiger charge is 2.16. The Morgan fingerprint density at radius 2 is 1.41 bits per heavy atom. The summed E-state index contributed by atoms with van der Waals surface area (Å²) in [6.07, 6.45) is 6.40. The molecule has 0 saturated heterocycles. The average Bonchev–Trinajstić information content (AvgIpc) is 2.62. The number of aryl methyl sites for hydroxylation is 1. The van der Waals surface area contributed by atoms with Crippen LogP contribution in [-0.4, -0.2) is 9.97 Å². The van der Waals surface area contributed by atoms with Gasteiger partial charge >= 0.3 is 0 Å². The normalized spacial score (nSPS) is 12.9. The van der Waals surface area contributed by atoms with Crippen LogP contribution in [0.15, 0.2) is 66.7 Å². The molecule has 1 aromatic heterocycles. The van der Waals surface area contributed by atoms with E-state index in [9.17, 15) is 0 Å². The van der Waals surface area contributed by atoms with Crippen LogP contribution in [0.5, 0.6) is 0 Å². The molecule has 0 radical (unpaired) electrons. The predicted molar refractivity (Wildman–Crippen MR) is 90.3 cm³/mol. The van der Waals surface area contributed by atoms with Crippen molar-refractivity contribution in [2.24, 2.45) is 0 Å². The topological polar surface area (TPSA) is 25.8 Å². The van der Waals surface area contributed by atoms with Crippen molar-refractivity contribution in [2.75, 3.05) is 0 Å². The molecular formula is C20H16N2. The minimum Gasteiger partial charge on any atom is -0.232 e. The highest BCUT2D eigenvalue weighted by atomic mass is 14.9. The number of allylic oxidation sites excluding steroid dienone is 1. The maximum atomic E-state index is 4.86. The first kappa shape index (κ1) is 13.0. The number of benzene rings is 2. The van der Waals surface area contributed by atoms with E-state index in [2.05, 4.69) is 48.6 Å². The van der Waals surface area contributed by atoms with Crippen molar-refractivity contribution < 1.29 is 0 Å². The van der Waals surface area contributed by atoms with Crippen molar-refractivity contribution in [3.05, 3.63) is 78.0 Å². The molecule has 0 amide bonds. The summed E-state index contributed by atoms with van der Waals surface area (Å²) in [5.41, 5.74) is 5.55. The first-order valence-corrected chi connectivity index (χ1v) is 7.60. The first-order valence-electron chi connectivity index (χ1n) is 7.60. The van der Waals surface area contributed by atoms with E-state index < -0.39 is 0 Å². The number of aromatic nitrogens is 2. The molecule has 4 rings (SSSR count). The van der Waals surface area contributed by atoms with Crippen LogP contribution in [0.1, 0.15) is 17.7 Å². The smallest absolute Gasteiger partial charge is 0.160 e. The van der Waals surface area contributed by atoms with Crippen LogP contribution in [0.4, 0.5) is 0 Å². The molecule has 0 atom stereocenters. The molecule has 2 heteroatoms. The molecule has 2 aromatic carbocycles. The second-order valence-electron chi connectivity index (χ2n) is 5.43. The Kier molecular flexibility index (Phi) is 3.28. The fraction of sp³-hybridized carbons (Fsp3) is 0.100. The third-order valence-electron chi connectivity index (χ3n) is 3.94. The van der Waals surface area contributed by atoms with E-state index in [0.29, 0.717) is 0 Å². The number of nitrogens with zero attached hydrogens (tertiary/aromatic N) is 2. The molecule has 1 heterocycles. The van der Waals surface area contributed by atoms with Gasteiger partial charge in [-0.25, -0.2) is 9.97 Å². The second-order valence-corrected chi connectivity index (χ2v) is 5.43. The summed E-state index contributed by atoms with van der Waals surface area (Å²) >= 11 is 0. The highest BCUT2D eigenvalue weighted by Crippen LogP contribution is 2.30. The van der Waals surface area contributed by atoms with Crippen LogP contribution >= 0.6 is 0 Å². The molecule has 2 nitrogen and oxygen atoms in total. The van der Waals surface area contributed by atoms with Gasteiger partial charge in [0, 0.05) is 16.7 Å². The van der Waals surface area contributed by atoms with Gasteiger partial charge in [-0.3, -0.25) is 0 Å². The molecule has 0 spiro atoms. The second kappa shape index (κ2) is 5.57. The van der Waals surface area contributed by atoms with Crippen LogP contribution in [0.2, 0.25) is 0 Å². The third kappa shape index (κ3) is 2.33. The molecule has 0 unspecified atom stereocenters. The third-order valence-corrected chi connectivity index (χ3v) is 3.94. The molecular weight excluding hydrogens is 268 g/mol. The summed E-state index contributed by atoms with van der Waals surface area (Å²) in [6, 6.07) is 20.6. The van der Waals surface area contributed by atoms with Gasteiger partial charge in [-0.15, -0.1) is 0 Å². The molecule has 1 aliphatic carbocycles. The van der Waals surface area contributed by atoms with E-state index in [1.807, 2.05) is 24.3 Å². The van der Waals surface area contributed by atoms with E-state index in [-0.39, 0.29) is 0 Å². The summed E-state index contributed by atoms with van der Waals surface area (Å²) in [4.78, 5) is 9.67. The van der Waals surface area contributed by atoms with E-state index in [1.165, 1.54) is 0 Å². The molecule has 1 aliphatic rings. The number of hydrogen-bond acceptors (Lipinski definition) is 2. The lowest BCUT2D eigenvalue weighted by molar-refractivity contribution is 0.915. The summed E-state index contributed by atoms with van der Waals surface area (Å²) < 4.78 is 0. The monoisotopic (exact) mass is 284 g/mol. The lowest BCUT2D eigenvalue weighted by Gasteiger charge is -2.15. The van der Waals surface area contributed by atoms with Crippen LogP contribution in [0.3, 0.4) is 0 Å². The molecule has 0 fully saturated rings. The van der Waals surface area contributed by atoms with E-state index in [0.717, 1.165) is 46.7 Å². The standard InChI is InChI=1S/C20H16N2/c1-3-9-15(10-4-1)19-17-13-7-8-14-18(17)21-20(22-19)16-11-5-2-6-12-16/h1-7,9-13H,8,14H2. The van der Waals surface area contributed by atoms with Gasteiger partial charge in [-0.05, 0) is 12.8 Å². The summed E-state index contributed by atoms with van der Waals surface area (Å²) in [7, 11) is 0. The lowest BCUT2D eigenvalue weighted by atomic mass is 9.97. The van der Waals surface area contributed by atoms with Crippen molar-refractivity contribution >= 4 is 6.08 Å². The predicted octanol–water partition coefficient (Wildman–Crippen LogP) is 4.77. The van der Waals surface area contributed by atoms with Gasteiger partial charge < -0.3 is 0 Å². The fourth-order valence-corrected chi connectivity index (χ4v) is 2.84. The molecule has 106 valence electrons. The van der Waals surface area contributed by atoms with Gasteiger partial charge in [0.15, 0.2) is 5.82 Å². The first-order chi connectivity index (χ1) is 10.9. The van der Waals surface area contributed by atoms with E-state index in [4.69, 9.17) is 9.97 Å². The van der Waals surface area contributed by atoms with Crippen LogP contribution in [0, 0.1) is 0 Å². The summed E-state index contributed by atoms with van der Waals surface area (Å²) in [5, 5.41) is 0. The van der Waals surface area contributed by atoms with Gasteiger partial charge in [-0.2, -0.15) is 0 Å². The van der Waals surface area contributed by atoms with Crippen molar-refractivity contribution in [1.82, 2.24) is 9.97 Å². The summed E-state index contributed by atoms with van der Waals surface area (Å²) in [5.74, 6) is 0.813. The largest absolute Gasteiger partial charge is 0.232 e. The quantitative estimate of drug-likeness (QED) is 0.677. The van der Waals surface area contributed by atoms with Crippen LogP contribution in [0.25, 0.3) is 28.7 Å². The number of fused-ring (bicyclic) bond motifs is 1. The Hall–Kier alpha value is -2.74. The van der Waals surface area contributed by atoms with Gasteiger partial charge in [0.25, 0.3) is 0 Å². The zero-order valence-electron chi connectivity index (χ0n) is 12.2. The highest BCUT2D eigenvalue weighted by molar-refractivity contribution is 5.76. The number of rotatable bonds is 2. The van der Waals surface area contributed by atoms with E-state index >= 15 is 0 Å². The van der Waals surface area contributed by atoms with Crippen LogP contribution < -0.4 is 0 Å². The van der Waals surface area contributed by atoms with Gasteiger partial charge in [-0.1, -0.05) is 72.8 Å². The van der Waals surface area contributed by atoms with Crippen molar-refractivity contribution in [1.29, 1.82) is 0 Å². The molecule has 0 N–H and O–H groups in total. The minimum atomic E-state index is 0.813. The van der Waals surface area contributed by atoms with Crippen molar-refractivity contribution in [3.63, 3.8) is 0 Å². The Balaban J connectivity index is 1.95. The van der Waals surface area contributed by atoms with Gasteiger partial charge in [0.2, 0.25) is 0 Å². The SMILES string of the molecule is C1=Cc2c(nc(-c3ccccc3)nc2-c2ccccc2)CC1. The zero-order chi connectivity index (χ0) is 14.8. The van der Waals surface area contributed by atoms with Gasteiger partial charge in [0.05, 0.1) is 11.4 Å². The summed E-state index contributed by atoms with van der Waals surface area (Å²) in [6.45, 7) is 0. The zero-order valence-corrected chi connectivity index (χ0v) is 12.2. The minimum absolute atomic E-state index is 0.813. The molecule has 22 heavy (non-hydrogen) atoms. The molecule has 3 aromatic rings. The Labute approximate surface area is 130 Å². The Morgan fingerprint density at radius 3 is 2.14 bits per heavy atom. The average molecular weight is 284 g/mol. The maximum Gasteiger partial charge on any atom is 0.160 e. The molecule has 0 saturated carbocycles. The van der Waals surface area contributed by atoms with E-state index in [1.54, 1.807) is 0 Å². The van der Waals surface area contributed by atoms with Crippen molar-refractivity contribution in [2.45, 2.75) is 12.8 Å². The molecule has 0 bridgehead atoms. The van der Waals surface area contributed by atoms with Crippen LogP contribution in [-0.2, 0) is 6.42 Å². The number of hydrogen-bond donors (Lipinski definition) is 0. The fourth-order valence-electron chi connectivity index (χ4n) is 2.84.